The molecule has 2 aromatic rings. The lowest BCUT2D eigenvalue weighted by molar-refractivity contribution is -0.123. The molecule has 0 heterocycles. The first kappa shape index (κ1) is 13.7. The van der Waals surface area contributed by atoms with Gasteiger partial charge in [-0.2, -0.15) is 5.26 Å². The maximum Gasteiger partial charge on any atom is 0.257 e. The van der Waals surface area contributed by atoms with Gasteiger partial charge in [0.1, 0.15) is 11.5 Å². The topological polar surface area (TPSA) is 82.4 Å². The van der Waals surface area contributed by atoms with Gasteiger partial charge in [-0.05, 0) is 35.0 Å². The average Bonchev–Trinajstić information content (AvgIpc) is 2.45. The molecule has 0 aliphatic rings. The highest BCUT2D eigenvalue weighted by molar-refractivity contribution is 5.85. The molecule has 0 aliphatic carbocycles. The van der Waals surface area contributed by atoms with E-state index in [4.69, 9.17) is 10.00 Å². The molecule has 0 unspecified atom stereocenters. The Hall–Kier alpha value is -2.74. The maximum atomic E-state index is 11.4. The summed E-state index contributed by atoms with van der Waals surface area (Å²) in [5.41, 5.74) is 0. The number of fused-ring (bicyclic) bond motifs is 1. The largest absolute Gasteiger partial charge is 0.508 e. The van der Waals surface area contributed by atoms with Gasteiger partial charge in [0.05, 0.1) is 12.5 Å². The number of hydrogen-bond acceptors (Lipinski definition) is 4. The van der Waals surface area contributed by atoms with Gasteiger partial charge in [0.2, 0.25) is 0 Å². The standard InChI is InChI=1S/C15H14N2O3/c16-6-1-7-17-15(19)10-20-14-5-3-11-2-4-13(18)8-12(11)9-14/h2-5,8-9,18H,1,7,10H2,(H,17,19). The Morgan fingerprint density at radius 1 is 1.25 bits per heavy atom. The molecule has 5 nitrogen and oxygen atoms in total. The van der Waals surface area contributed by atoms with E-state index in [0.717, 1.165) is 10.8 Å². The molecule has 0 spiro atoms. The zero-order valence-corrected chi connectivity index (χ0v) is 10.8. The molecule has 0 bridgehead atoms. The summed E-state index contributed by atoms with van der Waals surface area (Å²) in [5.74, 6) is 0.471. The molecule has 2 N–H and O–H groups in total. The Bertz CT molecular complexity index is 662. The van der Waals surface area contributed by atoms with Gasteiger partial charge in [0.15, 0.2) is 6.61 Å². The summed E-state index contributed by atoms with van der Waals surface area (Å²) in [6, 6.07) is 12.4. The Labute approximate surface area is 116 Å². The van der Waals surface area contributed by atoms with Crippen LogP contribution in [0.2, 0.25) is 0 Å². The molecule has 1 amide bonds. The Kier molecular flexibility index (Phi) is 4.40. The number of ether oxygens (including phenoxy) is 1. The second-order valence-corrected chi connectivity index (χ2v) is 4.24. The number of carbonyl (C=O) groups is 1. The van der Waals surface area contributed by atoms with Crippen LogP contribution in [-0.2, 0) is 4.79 Å². The van der Waals surface area contributed by atoms with E-state index in [1.165, 1.54) is 0 Å². The smallest absolute Gasteiger partial charge is 0.257 e. The van der Waals surface area contributed by atoms with Crippen molar-refractivity contribution < 1.29 is 14.6 Å². The molecule has 0 saturated carbocycles. The van der Waals surface area contributed by atoms with E-state index in [2.05, 4.69) is 5.32 Å². The van der Waals surface area contributed by atoms with Gasteiger partial charge in [0.25, 0.3) is 5.91 Å². The van der Waals surface area contributed by atoms with Gasteiger partial charge in [-0.25, -0.2) is 0 Å². The van der Waals surface area contributed by atoms with Crippen LogP contribution in [0.3, 0.4) is 0 Å². The number of phenols is 1. The molecule has 2 aromatic carbocycles. The van der Waals surface area contributed by atoms with Crippen LogP contribution in [0.1, 0.15) is 6.42 Å². The molecule has 0 atom stereocenters. The van der Waals surface area contributed by atoms with E-state index in [9.17, 15) is 9.90 Å². The van der Waals surface area contributed by atoms with Crippen LogP contribution in [0.5, 0.6) is 11.5 Å². The highest BCUT2D eigenvalue weighted by atomic mass is 16.5. The lowest BCUT2D eigenvalue weighted by Gasteiger charge is -2.07. The number of aromatic hydroxyl groups is 1. The molecular formula is C15H14N2O3. The predicted octanol–water partition coefficient (Wildman–Crippen LogP) is 1.95. The van der Waals surface area contributed by atoms with E-state index in [-0.39, 0.29) is 24.7 Å². The van der Waals surface area contributed by atoms with Crippen molar-refractivity contribution in [3.63, 3.8) is 0 Å². The third-order valence-corrected chi connectivity index (χ3v) is 2.72. The minimum atomic E-state index is -0.267. The Morgan fingerprint density at radius 3 is 2.85 bits per heavy atom. The van der Waals surface area contributed by atoms with Gasteiger partial charge in [0, 0.05) is 6.54 Å². The van der Waals surface area contributed by atoms with Crippen molar-refractivity contribution in [1.82, 2.24) is 5.32 Å². The molecule has 0 saturated heterocycles. The van der Waals surface area contributed by atoms with Crippen LogP contribution >= 0.6 is 0 Å². The summed E-state index contributed by atoms with van der Waals surface area (Å²) in [5, 5.41) is 22.2. The summed E-state index contributed by atoms with van der Waals surface area (Å²) < 4.78 is 5.37. The van der Waals surface area contributed by atoms with Crippen molar-refractivity contribution in [3.8, 4) is 17.6 Å². The number of amides is 1. The van der Waals surface area contributed by atoms with Crippen molar-refractivity contribution >= 4 is 16.7 Å². The monoisotopic (exact) mass is 270 g/mol. The Morgan fingerprint density at radius 2 is 2.05 bits per heavy atom. The van der Waals surface area contributed by atoms with Crippen LogP contribution < -0.4 is 10.1 Å². The van der Waals surface area contributed by atoms with E-state index in [0.29, 0.717) is 12.3 Å². The fourth-order valence-corrected chi connectivity index (χ4v) is 1.76. The summed E-state index contributed by atoms with van der Waals surface area (Å²) >= 11 is 0. The van der Waals surface area contributed by atoms with Crippen molar-refractivity contribution in [2.24, 2.45) is 0 Å². The number of nitrogens with zero attached hydrogens (tertiary/aromatic N) is 1. The predicted molar refractivity (Wildman–Crippen MR) is 74.3 cm³/mol. The van der Waals surface area contributed by atoms with Crippen LogP contribution in [0.25, 0.3) is 10.8 Å². The molecule has 5 heteroatoms. The molecule has 102 valence electrons. The quantitative estimate of drug-likeness (QED) is 0.813. The first-order valence-corrected chi connectivity index (χ1v) is 6.18. The lowest BCUT2D eigenvalue weighted by Crippen LogP contribution is -2.29. The van der Waals surface area contributed by atoms with Crippen LogP contribution in [0, 0.1) is 11.3 Å². The first-order valence-electron chi connectivity index (χ1n) is 6.18. The number of nitrogens with one attached hydrogen (secondary N) is 1. The third kappa shape index (κ3) is 3.62. The van der Waals surface area contributed by atoms with Crippen LogP contribution in [0.15, 0.2) is 36.4 Å². The van der Waals surface area contributed by atoms with E-state index in [1.54, 1.807) is 24.3 Å². The molecule has 2 rings (SSSR count). The second kappa shape index (κ2) is 6.43. The van der Waals surface area contributed by atoms with Crippen LogP contribution in [-0.4, -0.2) is 24.2 Å². The summed E-state index contributed by atoms with van der Waals surface area (Å²) in [7, 11) is 0. The van der Waals surface area contributed by atoms with E-state index >= 15 is 0 Å². The van der Waals surface area contributed by atoms with Crippen LogP contribution in [0.4, 0.5) is 0 Å². The van der Waals surface area contributed by atoms with Crippen molar-refractivity contribution in [2.45, 2.75) is 6.42 Å². The fraction of sp³-hybridized carbons (Fsp3) is 0.200. The van der Waals surface area contributed by atoms with Gasteiger partial charge >= 0.3 is 0 Å². The van der Waals surface area contributed by atoms with Crippen molar-refractivity contribution in [2.75, 3.05) is 13.2 Å². The van der Waals surface area contributed by atoms with Gasteiger partial charge in [-0.1, -0.05) is 12.1 Å². The molecule has 0 radical (unpaired) electrons. The normalized spacial score (nSPS) is 9.95. The highest BCUT2D eigenvalue weighted by Crippen LogP contribution is 2.24. The van der Waals surface area contributed by atoms with Crippen molar-refractivity contribution in [1.29, 1.82) is 5.26 Å². The summed E-state index contributed by atoms with van der Waals surface area (Å²) in [6.45, 7) is 0.222. The van der Waals surface area contributed by atoms with Crippen molar-refractivity contribution in [3.05, 3.63) is 36.4 Å². The van der Waals surface area contributed by atoms with E-state index < -0.39 is 0 Å². The minimum Gasteiger partial charge on any atom is -0.508 e. The third-order valence-electron chi connectivity index (χ3n) is 2.72. The highest BCUT2D eigenvalue weighted by Gasteiger charge is 2.03. The van der Waals surface area contributed by atoms with Gasteiger partial charge in [-0.15, -0.1) is 0 Å². The fourth-order valence-electron chi connectivity index (χ4n) is 1.76. The number of nitriles is 1. The number of carbonyl (C=O) groups excluding carboxylic acids is 1. The molecule has 0 aromatic heterocycles. The zero-order chi connectivity index (χ0) is 14.4. The maximum absolute atomic E-state index is 11.4. The Balaban J connectivity index is 1.96. The summed E-state index contributed by atoms with van der Waals surface area (Å²) in [4.78, 5) is 11.4. The second-order valence-electron chi connectivity index (χ2n) is 4.24. The van der Waals surface area contributed by atoms with E-state index in [1.807, 2.05) is 18.2 Å². The van der Waals surface area contributed by atoms with Gasteiger partial charge in [-0.3, -0.25) is 4.79 Å². The molecule has 0 fully saturated rings. The van der Waals surface area contributed by atoms with Gasteiger partial charge < -0.3 is 15.2 Å². The molecular weight excluding hydrogens is 256 g/mol. The number of phenolic OH excluding ortho intramolecular Hbond substituents is 1. The first-order chi connectivity index (χ1) is 9.69. The number of hydrogen-bond donors (Lipinski definition) is 2. The average molecular weight is 270 g/mol. The SMILES string of the molecule is N#CCCNC(=O)COc1ccc2ccc(O)cc2c1. The number of benzene rings is 2. The molecule has 20 heavy (non-hydrogen) atoms. The minimum absolute atomic E-state index is 0.101. The zero-order valence-electron chi connectivity index (χ0n) is 10.8. The lowest BCUT2D eigenvalue weighted by atomic mass is 10.1. The molecule has 0 aliphatic heterocycles. The summed E-state index contributed by atoms with van der Waals surface area (Å²) in [6.07, 6.45) is 0.279. The number of rotatable bonds is 5.